The lowest BCUT2D eigenvalue weighted by molar-refractivity contribution is 0.265. The van der Waals surface area contributed by atoms with Gasteiger partial charge in [-0.2, -0.15) is 0 Å². The molecule has 0 amide bonds. The van der Waals surface area contributed by atoms with Crippen molar-refractivity contribution in [2.45, 2.75) is 13.2 Å². The van der Waals surface area contributed by atoms with Crippen molar-refractivity contribution in [1.82, 2.24) is 0 Å². The number of fused-ring (bicyclic) bond motifs is 1. The molecule has 118 valence electrons. The standard InChI is InChI=1S/C18H16O5/c19-9-16-15-4-2-1-3-12(15)7-17(18(16)22)23-10-11-5-13(20)8-14(21)6-11/h1-8,19-22H,9-10H2. The molecule has 3 aromatic carbocycles. The minimum Gasteiger partial charge on any atom is -0.508 e. The molecule has 0 saturated heterocycles. The minimum atomic E-state index is -0.309. The molecule has 0 aliphatic heterocycles. The lowest BCUT2D eigenvalue weighted by Crippen LogP contribution is -1.98. The highest BCUT2D eigenvalue weighted by molar-refractivity contribution is 5.89. The Morgan fingerprint density at radius 3 is 2.26 bits per heavy atom. The first-order valence-corrected chi connectivity index (χ1v) is 7.07. The first-order valence-electron chi connectivity index (χ1n) is 7.07. The Labute approximate surface area is 132 Å². The van der Waals surface area contributed by atoms with Crippen LogP contribution in [0.5, 0.6) is 23.0 Å². The van der Waals surface area contributed by atoms with Crippen molar-refractivity contribution in [3.05, 3.63) is 59.7 Å². The molecule has 0 aliphatic carbocycles. The molecule has 0 radical (unpaired) electrons. The zero-order chi connectivity index (χ0) is 16.4. The fourth-order valence-electron chi connectivity index (χ4n) is 2.55. The molecule has 5 nitrogen and oxygen atoms in total. The maximum absolute atomic E-state index is 10.3. The molecular weight excluding hydrogens is 296 g/mol. The Morgan fingerprint density at radius 1 is 0.870 bits per heavy atom. The number of rotatable bonds is 4. The van der Waals surface area contributed by atoms with Crippen LogP contribution in [0.1, 0.15) is 11.1 Å². The molecule has 3 aromatic rings. The van der Waals surface area contributed by atoms with Crippen LogP contribution in [0.4, 0.5) is 0 Å². The summed E-state index contributed by atoms with van der Waals surface area (Å²) in [5.41, 5.74) is 0.956. The predicted octanol–water partition coefficient (Wildman–Crippen LogP) is 3.03. The average Bonchev–Trinajstić information content (AvgIpc) is 2.52. The fraction of sp³-hybridized carbons (Fsp3) is 0.111. The zero-order valence-corrected chi connectivity index (χ0v) is 12.2. The molecular formula is C18H16O5. The second kappa shape index (κ2) is 6.06. The first kappa shape index (κ1) is 15.0. The fourth-order valence-corrected chi connectivity index (χ4v) is 2.55. The van der Waals surface area contributed by atoms with Gasteiger partial charge in [0.15, 0.2) is 11.5 Å². The molecule has 23 heavy (non-hydrogen) atoms. The molecule has 0 unspecified atom stereocenters. The number of benzene rings is 3. The van der Waals surface area contributed by atoms with E-state index < -0.39 is 0 Å². The lowest BCUT2D eigenvalue weighted by Gasteiger charge is -2.13. The average molecular weight is 312 g/mol. The lowest BCUT2D eigenvalue weighted by atomic mass is 10.0. The number of aliphatic hydroxyl groups excluding tert-OH is 1. The van der Waals surface area contributed by atoms with Crippen LogP contribution < -0.4 is 4.74 Å². The van der Waals surface area contributed by atoms with Crippen molar-refractivity contribution in [1.29, 1.82) is 0 Å². The van der Waals surface area contributed by atoms with Crippen molar-refractivity contribution in [2.24, 2.45) is 0 Å². The van der Waals surface area contributed by atoms with Crippen molar-refractivity contribution in [2.75, 3.05) is 0 Å². The SMILES string of the molecule is OCc1c(O)c(OCc2cc(O)cc(O)c2)cc2ccccc12. The van der Waals surface area contributed by atoms with E-state index in [0.717, 1.165) is 10.8 Å². The Kier molecular flexibility index (Phi) is 3.95. The van der Waals surface area contributed by atoms with Gasteiger partial charge in [-0.1, -0.05) is 24.3 Å². The third-order valence-corrected chi connectivity index (χ3v) is 3.61. The van der Waals surface area contributed by atoms with Crippen molar-refractivity contribution < 1.29 is 25.2 Å². The van der Waals surface area contributed by atoms with Crippen molar-refractivity contribution in [3.8, 4) is 23.0 Å². The number of ether oxygens (including phenoxy) is 1. The molecule has 0 saturated carbocycles. The molecule has 4 N–H and O–H groups in total. The largest absolute Gasteiger partial charge is 0.508 e. The van der Waals surface area contributed by atoms with E-state index in [1.165, 1.54) is 18.2 Å². The van der Waals surface area contributed by atoms with Crippen LogP contribution in [0, 0.1) is 0 Å². The molecule has 5 heteroatoms. The molecule has 0 heterocycles. The number of phenols is 3. The minimum absolute atomic E-state index is 0.0543. The molecule has 0 aromatic heterocycles. The Bertz CT molecular complexity index is 837. The van der Waals surface area contributed by atoms with Gasteiger partial charge in [0, 0.05) is 11.6 Å². The van der Waals surface area contributed by atoms with Crippen LogP contribution in [0.25, 0.3) is 10.8 Å². The normalized spacial score (nSPS) is 10.8. The van der Waals surface area contributed by atoms with E-state index in [9.17, 15) is 20.4 Å². The van der Waals surface area contributed by atoms with Crippen LogP contribution in [0.2, 0.25) is 0 Å². The number of aromatic hydroxyl groups is 3. The highest BCUT2D eigenvalue weighted by Gasteiger charge is 2.13. The molecule has 0 spiro atoms. The van der Waals surface area contributed by atoms with E-state index in [0.29, 0.717) is 11.1 Å². The van der Waals surface area contributed by atoms with E-state index in [1.807, 2.05) is 24.3 Å². The summed E-state index contributed by atoms with van der Waals surface area (Å²) in [6.07, 6.45) is 0. The monoisotopic (exact) mass is 312 g/mol. The van der Waals surface area contributed by atoms with E-state index in [2.05, 4.69) is 0 Å². The van der Waals surface area contributed by atoms with Gasteiger partial charge in [-0.15, -0.1) is 0 Å². The highest BCUT2D eigenvalue weighted by Crippen LogP contribution is 2.37. The topological polar surface area (TPSA) is 90.2 Å². The summed E-state index contributed by atoms with van der Waals surface area (Å²) in [5, 5.41) is 40.3. The van der Waals surface area contributed by atoms with Gasteiger partial charge in [0.1, 0.15) is 18.1 Å². The Hall–Kier alpha value is -2.92. The number of phenolic OH excluding ortho intramolecular Hbond substituents is 2. The summed E-state index contributed by atoms with van der Waals surface area (Å²) >= 11 is 0. The summed E-state index contributed by atoms with van der Waals surface area (Å²) in [6, 6.07) is 13.2. The first-order chi connectivity index (χ1) is 11.1. The van der Waals surface area contributed by atoms with E-state index in [-0.39, 0.29) is 36.2 Å². The second-order valence-corrected chi connectivity index (χ2v) is 5.23. The molecule has 0 atom stereocenters. The maximum atomic E-state index is 10.3. The van der Waals surface area contributed by atoms with Crippen LogP contribution in [0.3, 0.4) is 0 Å². The van der Waals surface area contributed by atoms with Crippen LogP contribution >= 0.6 is 0 Å². The van der Waals surface area contributed by atoms with Gasteiger partial charge < -0.3 is 25.2 Å². The Morgan fingerprint density at radius 2 is 1.57 bits per heavy atom. The summed E-state index contributed by atoms with van der Waals surface area (Å²) < 4.78 is 5.60. The van der Waals surface area contributed by atoms with E-state index >= 15 is 0 Å². The van der Waals surface area contributed by atoms with Crippen LogP contribution in [-0.4, -0.2) is 20.4 Å². The Balaban J connectivity index is 1.95. The number of hydrogen-bond donors (Lipinski definition) is 4. The quantitative estimate of drug-likeness (QED) is 0.594. The van der Waals surface area contributed by atoms with Gasteiger partial charge in [0.05, 0.1) is 6.61 Å². The van der Waals surface area contributed by atoms with Gasteiger partial charge in [-0.3, -0.25) is 0 Å². The van der Waals surface area contributed by atoms with E-state index in [4.69, 9.17) is 4.74 Å². The summed E-state index contributed by atoms with van der Waals surface area (Å²) in [7, 11) is 0. The van der Waals surface area contributed by atoms with Gasteiger partial charge in [0.25, 0.3) is 0 Å². The van der Waals surface area contributed by atoms with Gasteiger partial charge in [0.2, 0.25) is 0 Å². The van der Waals surface area contributed by atoms with E-state index in [1.54, 1.807) is 6.07 Å². The summed E-state index contributed by atoms with van der Waals surface area (Å²) in [5.74, 6) is -0.0177. The zero-order valence-electron chi connectivity index (χ0n) is 12.2. The second-order valence-electron chi connectivity index (χ2n) is 5.23. The van der Waals surface area contributed by atoms with Gasteiger partial charge >= 0.3 is 0 Å². The van der Waals surface area contributed by atoms with Crippen molar-refractivity contribution >= 4 is 10.8 Å². The van der Waals surface area contributed by atoms with Crippen LogP contribution in [-0.2, 0) is 13.2 Å². The number of aliphatic hydroxyl groups is 1. The van der Waals surface area contributed by atoms with Crippen LogP contribution in [0.15, 0.2) is 48.5 Å². The summed E-state index contributed by atoms with van der Waals surface area (Å²) in [6.45, 7) is -0.255. The van der Waals surface area contributed by atoms with Crippen molar-refractivity contribution in [3.63, 3.8) is 0 Å². The third kappa shape index (κ3) is 3.00. The van der Waals surface area contributed by atoms with Gasteiger partial charge in [-0.25, -0.2) is 0 Å². The molecule has 0 aliphatic rings. The molecule has 3 rings (SSSR count). The summed E-state index contributed by atoms with van der Waals surface area (Å²) in [4.78, 5) is 0. The maximum Gasteiger partial charge on any atom is 0.163 e. The number of hydrogen-bond acceptors (Lipinski definition) is 5. The smallest absolute Gasteiger partial charge is 0.163 e. The third-order valence-electron chi connectivity index (χ3n) is 3.61. The molecule has 0 fully saturated rings. The predicted molar refractivity (Wildman–Crippen MR) is 85.6 cm³/mol. The van der Waals surface area contributed by atoms with Gasteiger partial charge in [-0.05, 0) is 34.5 Å². The molecule has 0 bridgehead atoms. The highest BCUT2D eigenvalue weighted by atomic mass is 16.5.